The van der Waals surface area contributed by atoms with Crippen molar-refractivity contribution < 1.29 is 4.79 Å². The van der Waals surface area contributed by atoms with Crippen LogP contribution < -0.4 is 4.90 Å². The van der Waals surface area contributed by atoms with Crippen molar-refractivity contribution in [3.63, 3.8) is 0 Å². The first-order valence-corrected chi connectivity index (χ1v) is 10.8. The predicted octanol–water partition coefficient (Wildman–Crippen LogP) is 4.03. The molecule has 1 saturated heterocycles. The van der Waals surface area contributed by atoms with Crippen molar-refractivity contribution in [2.75, 3.05) is 31.1 Å². The summed E-state index contributed by atoms with van der Waals surface area (Å²) in [5.74, 6) is -0.204. The number of hydrogen-bond donors (Lipinski definition) is 0. The Bertz CT molecular complexity index is 1050. The lowest BCUT2D eigenvalue weighted by atomic mass is 10.1. The Hall–Kier alpha value is -3.51. The van der Waals surface area contributed by atoms with Crippen LogP contribution in [-0.2, 0) is 11.3 Å². The highest BCUT2D eigenvalue weighted by atomic mass is 16.2. The van der Waals surface area contributed by atoms with Gasteiger partial charge in [0.2, 0.25) is 0 Å². The molecule has 0 bridgehead atoms. The molecule has 2 heterocycles. The zero-order valence-electron chi connectivity index (χ0n) is 18.6. The molecule has 1 amide bonds. The molecule has 0 saturated carbocycles. The van der Waals surface area contributed by atoms with Gasteiger partial charge in [-0.2, -0.15) is 10.5 Å². The van der Waals surface area contributed by atoms with Gasteiger partial charge in [0.15, 0.2) is 0 Å². The molecule has 0 N–H and O–H groups in total. The van der Waals surface area contributed by atoms with E-state index >= 15 is 0 Å². The van der Waals surface area contributed by atoms with Crippen molar-refractivity contribution in [1.82, 2.24) is 9.47 Å². The SMILES string of the molecule is CCCn1c(C)cc(/C=C(/C#N)C(=O)N2CCCN(c3ccc(C#N)cc3)CC2)c1C. The van der Waals surface area contributed by atoms with Gasteiger partial charge in [-0.25, -0.2) is 0 Å². The van der Waals surface area contributed by atoms with E-state index in [4.69, 9.17) is 5.26 Å². The second-order valence-electron chi connectivity index (χ2n) is 7.94. The first-order chi connectivity index (χ1) is 15.0. The fourth-order valence-corrected chi connectivity index (χ4v) is 4.13. The summed E-state index contributed by atoms with van der Waals surface area (Å²) in [6, 6.07) is 13.8. The van der Waals surface area contributed by atoms with Gasteiger partial charge >= 0.3 is 0 Å². The number of nitriles is 2. The molecule has 6 nitrogen and oxygen atoms in total. The zero-order chi connectivity index (χ0) is 22.4. The van der Waals surface area contributed by atoms with Crippen LogP contribution in [0, 0.1) is 36.5 Å². The Morgan fingerprint density at radius 3 is 2.48 bits per heavy atom. The maximum absolute atomic E-state index is 13.1. The van der Waals surface area contributed by atoms with E-state index in [0.29, 0.717) is 25.2 Å². The van der Waals surface area contributed by atoms with Gasteiger partial charge in [-0.1, -0.05) is 6.92 Å². The van der Waals surface area contributed by atoms with E-state index in [0.717, 1.165) is 48.6 Å². The fourth-order valence-electron chi connectivity index (χ4n) is 4.13. The van der Waals surface area contributed by atoms with Crippen molar-refractivity contribution in [2.24, 2.45) is 0 Å². The lowest BCUT2D eigenvalue weighted by molar-refractivity contribution is -0.126. The van der Waals surface area contributed by atoms with Gasteiger partial charge in [0.25, 0.3) is 5.91 Å². The number of benzene rings is 1. The summed E-state index contributed by atoms with van der Waals surface area (Å²) < 4.78 is 2.23. The molecule has 1 aromatic heterocycles. The Morgan fingerprint density at radius 1 is 1.10 bits per heavy atom. The molecule has 0 aliphatic carbocycles. The number of aryl methyl sites for hydroxylation is 1. The Balaban J connectivity index is 1.74. The van der Waals surface area contributed by atoms with Crippen LogP contribution in [0.3, 0.4) is 0 Å². The standard InChI is InChI=1S/C25H29N5O/c1-4-10-30-19(2)15-22(20(30)3)16-23(18-27)25(31)29-12-5-11-28(13-14-29)24-8-6-21(17-26)7-9-24/h6-9,15-16H,4-5,10-14H2,1-3H3/b23-16-. The van der Waals surface area contributed by atoms with Crippen molar-refractivity contribution in [2.45, 2.75) is 40.2 Å². The third-order valence-corrected chi connectivity index (χ3v) is 5.86. The zero-order valence-corrected chi connectivity index (χ0v) is 18.6. The number of anilines is 1. The topological polar surface area (TPSA) is 76.1 Å². The number of carbonyl (C=O) groups is 1. The van der Waals surface area contributed by atoms with Crippen LogP contribution >= 0.6 is 0 Å². The van der Waals surface area contributed by atoms with Gasteiger partial charge in [0, 0.05) is 49.8 Å². The highest BCUT2D eigenvalue weighted by molar-refractivity contribution is 6.01. The van der Waals surface area contributed by atoms with Crippen LogP contribution in [0.4, 0.5) is 5.69 Å². The number of aromatic nitrogens is 1. The maximum atomic E-state index is 13.1. The quantitative estimate of drug-likeness (QED) is 0.546. The Morgan fingerprint density at radius 2 is 1.84 bits per heavy atom. The average Bonchev–Trinajstić information content (AvgIpc) is 2.95. The third kappa shape index (κ3) is 4.98. The number of carbonyl (C=O) groups excluding carboxylic acids is 1. The highest BCUT2D eigenvalue weighted by Crippen LogP contribution is 2.21. The molecule has 31 heavy (non-hydrogen) atoms. The molecule has 6 heteroatoms. The summed E-state index contributed by atoms with van der Waals surface area (Å²) in [6.07, 6.45) is 3.60. The molecule has 2 aromatic rings. The van der Waals surface area contributed by atoms with Gasteiger partial charge in [-0.3, -0.25) is 4.79 Å². The molecule has 160 valence electrons. The van der Waals surface area contributed by atoms with Gasteiger partial charge in [-0.15, -0.1) is 0 Å². The normalized spacial score (nSPS) is 14.7. The molecule has 1 aromatic carbocycles. The summed E-state index contributed by atoms with van der Waals surface area (Å²) in [7, 11) is 0. The van der Waals surface area contributed by atoms with Crippen molar-refractivity contribution in [3.8, 4) is 12.1 Å². The molecule has 0 radical (unpaired) electrons. The molecule has 0 spiro atoms. The van der Waals surface area contributed by atoms with E-state index in [1.165, 1.54) is 0 Å². The van der Waals surface area contributed by atoms with Crippen LogP contribution in [-0.4, -0.2) is 41.6 Å². The van der Waals surface area contributed by atoms with E-state index < -0.39 is 0 Å². The van der Waals surface area contributed by atoms with E-state index in [1.54, 1.807) is 11.0 Å². The van der Waals surface area contributed by atoms with Crippen LogP contribution in [0.1, 0.15) is 42.3 Å². The monoisotopic (exact) mass is 415 g/mol. The Labute approximate surface area is 184 Å². The summed E-state index contributed by atoms with van der Waals surface area (Å²) >= 11 is 0. The van der Waals surface area contributed by atoms with E-state index in [-0.39, 0.29) is 11.5 Å². The number of hydrogen-bond acceptors (Lipinski definition) is 4. The summed E-state index contributed by atoms with van der Waals surface area (Å²) in [5, 5.41) is 18.7. The molecule has 1 fully saturated rings. The molecule has 3 rings (SSSR count). The summed E-state index contributed by atoms with van der Waals surface area (Å²) in [5.41, 5.74) is 5.03. The molecule has 0 unspecified atom stereocenters. The predicted molar refractivity (Wildman–Crippen MR) is 122 cm³/mol. The summed E-state index contributed by atoms with van der Waals surface area (Å²) in [6.45, 7) is 9.88. The number of nitrogens with zero attached hydrogens (tertiary/aromatic N) is 5. The van der Waals surface area contributed by atoms with Gasteiger partial charge < -0.3 is 14.4 Å². The minimum absolute atomic E-state index is 0.184. The number of rotatable bonds is 5. The van der Waals surface area contributed by atoms with Crippen LogP contribution in [0.15, 0.2) is 35.9 Å². The largest absolute Gasteiger partial charge is 0.370 e. The molecule has 1 aliphatic rings. The fraction of sp³-hybridized carbons (Fsp3) is 0.400. The van der Waals surface area contributed by atoms with E-state index in [9.17, 15) is 10.1 Å². The second-order valence-corrected chi connectivity index (χ2v) is 7.94. The van der Waals surface area contributed by atoms with Crippen LogP contribution in [0.5, 0.6) is 0 Å². The minimum atomic E-state index is -0.204. The molecular weight excluding hydrogens is 386 g/mol. The van der Waals surface area contributed by atoms with Gasteiger partial charge in [-0.05, 0) is 68.7 Å². The van der Waals surface area contributed by atoms with Gasteiger partial charge in [0.1, 0.15) is 11.6 Å². The third-order valence-electron chi connectivity index (χ3n) is 5.86. The van der Waals surface area contributed by atoms with Crippen molar-refractivity contribution in [3.05, 3.63) is 58.4 Å². The van der Waals surface area contributed by atoms with Crippen LogP contribution in [0.2, 0.25) is 0 Å². The highest BCUT2D eigenvalue weighted by Gasteiger charge is 2.23. The van der Waals surface area contributed by atoms with Gasteiger partial charge in [0.05, 0.1) is 11.6 Å². The first-order valence-electron chi connectivity index (χ1n) is 10.8. The van der Waals surface area contributed by atoms with Crippen molar-refractivity contribution >= 4 is 17.7 Å². The number of amides is 1. The van der Waals surface area contributed by atoms with Crippen LogP contribution in [0.25, 0.3) is 6.08 Å². The lowest BCUT2D eigenvalue weighted by Crippen LogP contribution is -2.35. The molecule has 0 atom stereocenters. The minimum Gasteiger partial charge on any atom is -0.370 e. The lowest BCUT2D eigenvalue weighted by Gasteiger charge is -2.23. The maximum Gasteiger partial charge on any atom is 0.264 e. The molecular formula is C25H29N5O. The van der Waals surface area contributed by atoms with E-state index in [2.05, 4.69) is 35.5 Å². The average molecular weight is 416 g/mol. The molecule has 1 aliphatic heterocycles. The second kappa shape index (κ2) is 10.00. The Kier molecular flexibility index (Phi) is 7.15. The smallest absolute Gasteiger partial charge is 0.264 e. The van der Waals surface area contributed by atoms with Crippen molar-refractivity contribution in [1.29, 1.82) is 10.5 Å². The first kappa shape index (κ1) is 22.2. The van der Waals surface area contributed by atoms with E-state index in [1.807, 2.05) is 37.3 Å². The summed E-state index contributed by atoms with van der Waals surface area (Å²) in [4.78, 5) is 17.1.